The summed E-state index contributed by atoms with van der Waals surface area (Å²) in [6.45, 7) is 6.66. The topological polar surface area (TPSA) is 78.9 Å². The van der Waals surface area contributed by atoms with Gasteiger partial charge in [-0.3, -0.25) is 14.4 Å². The maximum Gasteiger partial charge on any atom is 0.306 e. The Bertz CT molecular complexity index is 1430. The van der Waals surface area contributed by atoms with E-state index in [2.05, 4.69) is 69.4 Å². The molecule has 0 saturated carbocycles. The molecule has 0 amide bonds. The summed E-state index contributed by atoms with van der Waals surface area (Å²) in [4.78, 5) is 38.5. The highest BCUT2D eigenvalue weighted by Gasteiger charge is 2.19. The number of carbonyl (C=O) groups is 3. The van der Waals surface area contributed by atoms with Crippen LogP contribution < -0.4 is 0 Å². The maximum atomic E-state index is 13.0. The molecule has 83 heavy (non-hydrogen) atoms. The molecule has 0 aliphatic rings. The second-order valence-corrected chi connectivity index (χ2v) is 25.2. The fourth-order valence-electron chi connectivity index (χ4n) is 11.2. The molecule has 486 valence electrons. The molecule has 0 aromatic rings. The third-order valence-electron chi connectivity index (χ3n) is 16.8. The van der Waals surface area contributed by atoms with E-state index in [4.69, 9.17) is 14.2 Å². The zero-order valence-electron chi connectivity index (χ0n) is 56.0. The molecule has 6 nitrogen and oxygen atoms in total. The first-order valence-corrected chi connectivity index (χ1v) is 37.1. The Labute approximate surface area is 518 Å². The van der Waals surface area contributed by atoms with Gasteiger partial charge in [-0.05, 0) is 83.5 Å². The van der Waals surface area contributed by atoms with Gasteiger partial charge >= 0.3 is 17.9 Å². The molecule has 0 aliphatic carbocycles. The molecule has 1 unspecified atom stereocenters. The Morgan fingerprint density at radius 1 is 0.241 bits per heavy atom. The lowest BCUT2D eigenvalue weighted by molar-refractivity contribution is -0.167. The van der Waals surface area contributed by atoms with Gasteiger partial charge in [0, 0.05) is 19.3 Å². The first kappa shape index (κ1) is 80.4. The van der Waals surface area contributed by atoms with Gasteiger partial charge in [0.25, 0.3) is 0 Å². The minimum absolute atomic E-state index is 0.0750. The van der Waals surface area contributed by atoms with Gasteiger partial charge in [0.1, 0.15) is 13.2 Å². The van der Waals surface area contributed by atoms with Crippen molar-refractivity contribution in [1.82, 2.24) is 0 Å². The number of unbranched alkanes of at least 4 members (excludes halogenated alkanes) is 50. The van der Waals surface area contributed by atoms with Crippen LogP contribution in [0, 0.1) is 0 Å². The minimum Gasteiger partial charge on any atom is -0.462 e. The second-order valence-electron chi connectivity index (χ2n) is 25.2. The zero-order valence-corrected chi connectivity index (χ0v) is 56.0. The largest absolute Gasteiger partial charge is 0.462 e. The van der Waals surface area contributed by atoms with Crippen LogP contribution in [-0.2, 0) is 28.6 Å². The zero-order chi connectivity index (χ0) is 59.9. The summed E-state index contributed by atoms with van der Waals surface area (Å²) < 4.78 is 17.0. The van der Waals surface area contributed by atoms with E-state index in [0.717, 1.165) is 83.5 Å². The van der Waals surface area contributed by atoms with Crippen molar-refractivity contribution in [2.24, 2.45) is 0 Å². The molecule has 0 aliphatic heterocycles. The monoisotopic (exact) mass is 1160 g/mol. The predicted octanol–water partition coefficient (Wildman–Crippen LogP) is 25.7. The van der Waals surface area contributed by atoms with Crippen LogP contribution in [0.15, 0.2) is 48.6 Å². The van der Waals surface area contributed by atoms with Crippen LogP contribution in [-0.4, -0.2) is 37.2 Å². The Kier molecular flexibility index (Phi) is 69.6. The lowest BCUT2D eigenvalue weighted by Crippen LogP contribution is -2.30. The maximum absolute atomic E-state index is 13.0. The molecule has 0 spiro atoms. The van der Waals surface area contributed by atoms with Crippen LogP contribution in [0.4, 0.5) is 0 Å². The van der Waals surface area contributed by atoms with Gasteiger partial charge < -0.3 is 14.2 Å². The summed E-state index contributed by atoms with van der Waals surface area (Å²) in [5.74, 6) is -0.864. The van der Waals surface area contributed by atoms with Crippen molar-refractivity contribution < 1.29 is 28.6 Å². The smallest absolute Gasteiger partial charge is 0.306 e. The molecule has 0 N–H and O–H groups in total. The fraction of sp³-hybridized carbons (Fsp3) is 0.857. The van der Waals surface area contributed by atoms with Gasteiger partial charge in [0.15, 0.2) is 6.10 Å². The highest BCUT2D eigenvalue weighted by Crippen LogP contribution is 2.19. The van der Waals surface area contributed by atoms with Gasteiger partial charge in [0.2, 0.25) is 0 Å². The third-order valence-corrected chi connectivity index (χ3v) is 16.8. The molecule has 0 saturated heterocycles. The normalized spacial score (nSPS) is 12.3. The van der Waals surface area contributed by atoms with Crippen molar-refractivity contribution in [3.05, 3.63) is 48.6 Å². The highest BCUT2D eigenvalue weighted by molar-refractivity contribution is 5.71. The molecular formula is C77H142O6. The number of rotatable bonds is 69. The molecule has 0 fully saturated rings. The number of ether oxygens (including phenoxy) is 3. The van der Waals surface area contributed by atoms with Crippen LogP contribution >= 0.6 is 0 Å². The molecule has 0 rings (SSSR count). The minimum atomic E-state index is -0.781. The molecular weight excluding hydrogens is 1020 g/mol. The first-order chi connectivity index (χ1) is 41.0. The Hall–Kier alpha value is -2.63. The van der Waals surface area contributed by atoms with E-state index in [1.165, 1.54) is 283 Å². The van der Waals surface area contributed by atoms with Gasteiger partial charge in [-0.25, -0.2) is 0 Å². The van der Waals surface area contributed by atoms with Gasteiger partial charge in [0.05, 0.1) is 0 Å². The SMILES string of the molecule is CCCCC/C=C\C/C=C\CCCCCCCCCC(=O)OCC(COC(=O)CCCCCCCCCCCCCCCCCCCCCCCCCCCCCCCC)OC(=O)CCCCCCCCC/C=C\C/C=C\CCCCCC. The van der Waals surface area contributed by atoms with Crippen LogP contribution in [0.5, 0.6) is 0 Å². The number of carbonyl (C=O) groups excluding carboxylic acids is 3. The van der Waals surface area contributed by atoms with Crippen molar-refractivity contribution in [1.29, 1.82) is 0 Å². The van der Waals surface area contributed by atoms with Crippen molar-refractivity contribution in [3.63, 3.8) is 0 Å². The van der Waals surface area contributed by atoms with Crippen LogP contribution in [0.2, 0.25) is 0 Å². The quantitative estimate of drug-likeness (QED) is 0.0261. The number of hydrogen-bond donors (Lipinski definition) is 0. The first-order valence-electron chi connectivity index (χ1n) is 37.1. The third kappa shape index (κ3) is 70.0. The average molecular weight is 1160 g/mol. The average Bonchev–Trinajstić information content (AvgIpc) is 3.49. The Balaban J connectivity index is 4.22. The Morgan fingerprint density at radius 3 is 0.699 bits per heavy atom. The van der Waals surface area contributed by atoms with E-state index < -0.39 is 6.10 Å². The summed E-state index contributed by atoms with van der Waals surface area (Å²) in [6, 6.07) is 0. The summed E-state index contributed by atoms with van der Waals surface area (Å²) in [5, 5.41) is 0. The summed E-state index contributed by atoms with van der Waals surface area (Å²) in [6.07, 6.45) is 91.5. The van der Waals surface area contributed by atoms with Gasteiger partial charge in [-0.1, -0.05) is 352 Å². The number of hydrogen-bond acceptors (Lipinski definition) is 6. The van der Waals surface area contributed by atoms with Crippen molar-refractivity contribution >= 4 is 17.9 Å². The van der Waals surface area contributed by atoms with Crippen LogP contribution in [0.3, 0.4) is 0 Å². The van der Waals surface area contributed by atoms with Crippen LogP contribution in [0.1, 0.15) is 406 Å². The van der Waals surface area contributed by atoms with E-state index >= 15 is 0 Å². The second kappa shape index (κ2) is 71.8. The molecule has 6 heteroatoms. The molecule has 0 aromatic heterocycles. The highest BCUT2D eigenvalue weighted by atomic mass is 16.6. The van der Waals surface area contributed by atoms with Gasteiger partial charge in [-0.2, -0.15) is 0 Å². The standard InChI is InChI=1S/C77H142O6/c1-4-7-10-13-16-19-22-25-28-31-33-34-35-36-37-38-39-40-41-42-43-44-47-49-52-55-58-61-64-67-70-76(79)82-73-74(72-81-75(78)69-66-63-60-57-54-51-48-45-30-27-24-21-18-15-12-9-6-3)83-77(80)71-68-65-62-59-56-53-50-46-32-29-26-23-20-17-14-11-8-5-2/h18,20-21,23,27,29-30,32,74H,4-17,19,22,24-26,28,31,33-73H2,1-3H3/b21-18-,23-20-,30-27-,32-29-. The molecule has 0 aromatic carbocycles. The number of esters is 3. The van der Waals surface area contributed by atoms with E-state index in [1.54, 1.807) is 0 Å². The van der Waals surface area contributed by atoms with Crippen molar-refractivity contribution in [2.75, 3.05) is 13.2 Å². The Morgan fingerprint density at radius 2 is 0.434 bits per heavy atom. The summed E-state index contributed by atoms with van der Waals surface area (Å²) in [5.41, 5.74) is 0. The summed E-state index contributed by atoms with van der Waals surface area (Å²) >= 11 is 0. The molecule has 0 bridgehead atoms. The van der Waals surface area contributed by atoms with E-state index in [-0.39, 0.29) is 31.1 Å². The van der Waals surface area contributed by atoms with Gasteiger partial charge in [-0.15, -0.1) is 0 Å². The van der Waals surface area contributed by atoms with Crippen molar-refractivity contribution in [2.45, 2.75) is 412 Å². The predicted molar refractivity (Wildman–Crippen MR) is 362 cm³/mol. The van der Waals surface area contributed by atoms with E-state index in [0.29, 0.717) is 19.3 Å². The molecule has 1 atom stereocenters. The van der Waals surface area contributed by atoms with E-state index in [9.17, 15) is 14.4 Å². The van der Waals surface area contributed by atoms with Crippen molar-refractivity contribution in [3.8, 4) is 0 Å². The molecule has 0 radical (unpaired) electrons. The summed E-state index contributed by atoms with van der Waals surface area (Å²) in [7, 11) is 0. The molecule has 0 heterocycles. The fourth-order valence-corrected chi connectivity index (χ4v) is 11.2. The lowest BCUT2D eigenvalue weighted by Gasteiger charge is -2.18. The lowest BCUT2D eigenvalue weighted by atomic mass is 10.0. The van der Waals surface area contributed by atoms with Crippen LogP contribution in [0.25, 0.3) is 0 Å². The number of allylic oxidation sites excluding steroid dienone is 8. The van der Waals surface area contributed by atoms with E-state index in [1.807, 2.05) is 0 Å².